The zero-order valence-electron chi connectivity index (χ0n) is 11.0. The van der Waals surface area contributed by atoms with Crippen molar-refractivity contribution in [3.05, 3.63) is 12.2 Å². The third-order valence-corrected chi connectivity index (χ3v) is 2.27. The molecule has 0 bridgehead atoms. The molecule has 0 N–H and O–H groups in total. The summed E-state index contributed by atoms with van der Waals surface area (Å²) < 4.78 is 0. The first kappa shape index (κ1) is 14.4. The monoisotopic (exact) mass is 210 g/mol. The third kappa shape index (κ3) is 9.71. The van der Waals surface area contributed by atoms with Crippen LogP contribution in [0.25, 0.3) is 0 Å². The molecule has 0 saturated carbocycles. The van der Waals surface area contributed by atoms with E-state index >= 15 is 0 Å². The van der Waals surface area contributed by atoms with Crippen molar-refractivity contribution in [2.75, 3.05) is 0 Å². The van der Waals surface area contributed by atoms with Gasteiger partial charge in [-0.1, -0.05) is 47.1 Å². The van der Waals surface area contributed by atoms with E-state index < -0.39 is 0 Å². The Hall–Kier alpha value is -0.590. The first-order valence-electron chi connectivity index (χ1n) is 6.04. The number of carbonyl (C=O) groups is 1. The Labute approximate surface area is 95.0 Å². The Morgan fingerprint density at radius 1 is 1.33 bits per heavy atom. The molecule has 15 heavy (non-hydrogen) atoms. The van der Waals surface area contributed by atoms with E-state index in [1.807, 2.05) is 6.08 Å². The Balaban J connectivity index is 3.86. The highest BCUT2D eigenvalue weighted by molar-refractivity contribution is 5.89. The Morgan fingerprint density at radius 3 is 2.40 bits per heavy atom. The summed E-state index contributed by atoms with van der Waals surface area (Å²) in [6.07, 6.45) is 7.67. The van der Waals surface area contributed by atoms with Crippen LogP contribution in [0.4, 0.5) is 0 Å². The van der Waals surface area contributed by atoms with Crippen LogP contribution in [-0.4, -0.2) is 5.78 Å². The highest BCUT2D eigenvalue weighted by Gasteiger charge is 2.16. The molecule has 0 saturated heterocycles. The summed E-state index contributed by atoms with van der Waals surface area (Å²) in [5.74, 6) is 0.768. The van der Waals surface area contributed by atoms with Crippen molar-refractivity contribution in [1.29, 1.82) is 0 Å². The number of hydrogen-bond acceptors (Lipinski definition) is 1. The molecular weight excluding hydrogens is 184 g/mol. The molecule has 1 heteroatoms. The minimum atomic E-state index is 0.278. The molecule has 88 valence electrons. The average Bonchev–Trinajstić information content (AvgIpc) is 2.00. The van der Waals surface area contributed by atoms with E-state index in [-0.39, 0.29) is 5.78 Å². The molecule has 1 atom stereocenters. The van der Waals surface area contributed by atoms with Gasteiger partial charge in [0.15, 0.2) is 5.78 Å². The highest BCUT2D eigenvalue weighted by Crippen LogP contribution is 2.26. The van der Waals surface area contributed by atoms with E-state index in [2.05, 4.69) is 34.6 Å². The lowest BCUT2D eigenvalue weighted by Gasteiger charge is -2.22. The van der Waals surface area contributed by atoms with Crippen LogP contribution < -0.4 is 0 Å². The molecule has 0 fully saturated rings. The minimum absolute atomic E-state index is 0.278. The molecule has 0 radical (unpaired) electrons. The zero-order chi connectivity index (χ0) is 11.9. The summed E-state index contributed by atoms with van der Waals surface area (Å²) in [5.41, 5.74) is 0.326. The predicted molar refractivity (Wildman–Crippen MR) is 66.9 cm³/mol. The molecule has 0 aliphatic heterocycles. The smallest absolute Gasteiger partial charge is 0.155 e. The molecule has 0 heterocycles. The van der Waals surface area contributed by atoms with E-state index in [1.54, 1.807) is 6.08 Å². The van der Waals surface area contributed by atoms with E-state index in [0.29, 0.717) is 17.8 Å². The molecule has 1 nitrogen and oxygen atoms in total. The first-order valence-corrected chi connectivity index (χ1v) is 6.04. The molecule has 0 spiro atoms. The van der Waals surface area contributed by atoms with E-state index in [9.17, 15) is 4.79 Å². The highest BCUT2D eigenvalue weighted by atomic mass is 16.1. The summed E-state index contributed by atoms with van der Waals surface area (Å²) in [6, 6.07) is 0. The minimum Gasteiger partial charge on any atom is -0.295 e. The summed E-state index contributed by atoms with van der Waals surface area (Å²) in [7, 11) is 0. The Bertz CT molecular complexity index is 208. The molecule has 0 aromatic carbocycles. The van der Waals surface area contributed by atoms with Crippen molar-refractivity contribution < 1.29 is 4.79 Å². The largest absolute Gasteiger partial charge is 0.295 e. The van der Waals surface area contributed by atoms with Crippen molar-refractivity contribution in [3.8, 4) is 0 Å². The number of ketones is 1. The van der Waals surface area contributed by atoms with Crippen LogP contribution in [0.15, 0.2) is 12.2 Å². The van der Waals surface area contributed by atoms with Gasteiger partial charge in [0.05, 0.1) is 0 Å². The maximum absolute atomic E-state index is 11.5. The van der Waals surface area contributed by atoms with Crippen LogP contribution in [0.5, 0.6) is 0 Å². The van der Waals surface area contributed by atoms with Crippen molar-refractivity contribution >= 4 is 5.78 Å². The first-order chi connectivity index (χ1) is 6.85. The van der Waals surface area contributed by atoms with Crippen LogP contribution in [0.3, 0.4) is 0 Å². The summed E-state index contributed by atoms with van der Waals surface area (Å²) in [6.45, 7) is 11.0. The van der Waals surface area contributed by atoms with Gasteiger partial charge in [0.1, 0.15) is 0 Å². The van der Waals surface area contributed by atoms with Crippen molar-refractivity contribution in [2.45, 2.75) is 60.3 Å². The Morgan fingerprint density at radius 2 is 1.93 bits per heavy atom. The van der Waals surface area contributed by atoms with Gasteiger partial charge >= 0.3 is 0 Å². The molecule has 0 aromatic heterocycles. The van der Waals surface area contributed by atoms with Crippen LogP contribution in [-0.2, 0) is 4.79 Å². The summed E-state index contributed by atoms with van der Waals surface area (Å²) >= 11 is 0. The quantitative estimate of drug-likeness (QED) is 0.595. The molecule has 0 aliphatic carbocycles. The molecular formula is C14H26O. The SMILES string of the molecule is CCCC=CC(=O)CC(C)CC(C)(C)C. The van der Waals surface area contributed by atoms with E-state index in [0.717, 1.165) is 19.3 Å². The predicted octanol–water partition coefficient (Wildman–Crippen LogP) is 4.37. The lowest BCUT2D eigenvalue weighted by molar-refractivity contribution is -0.115. The molecule has 0 amide bonds. The van der Waals surface area contributed by atoms with Gasteiger partial charge < -0.3 is 0 Å². The van der Waals surface area contributed by atoms with Crippen LogP contribution in [0, 0.1) is 11.3 Å². The van der Waals surface area contributed by atoms with Gasteiger partial charge in [0, 0.05) is 6.42 Å². The van der Waals surface area contributed by atoms with E-state index in [1.165, 1.54) is 0 Å². The lowest BCUT2D eigenvalue weighted by atomic mass is 9.83. The number of carbonyl (C=O) groups excluding carboxylic acids is 1. The van der Waals surface area contributed by atoms with Crippen LogP contribution in [0.1, 0.15) is 60.3 Å². The van der Waals surface area contributed by atoms with Crippen molar-refractivity contribution in [3.63, 3.8) is 0 Å². The second-order valence-electron chi connectivity index (χ2n) is 5.73. The standard InChI is InChI=1S/C14H26O/c1-6-7-8-9-13(15)10-12(2)11-14(3,4)5/h8-9,12H,6-7,10-11H2,1-5H3. The number of unbranched alkanes of at least 4 members (excludes halogenated alkanes) is 1. The molecule has 1 unspecified atom stereocenters. The number of allylic oxidation sites excluding steroid dienone is 2. The summed E-state index contributed by atoms with van der Waals surface area (Å²) in [5, 5.41) is 0. The fourth-order valence-electron chi connectivity index (χ4n) is 1.91. The normalized spacial score (nSPS) is 14.5. The zero-order valence-corrected chi connectivity index (χ0v) is 11.0. The van der Waals surface area contributed by atoms with E-state index in [4.69, 9.17) is 0 Å². The van der Waals surface area contributed by atoms with Gasteiger partial charge in [-0.05, 0) is 30.3 Å². The molecule has 0 rings (SSSR count). The van der Waals surface area contributed by atoms with Gasteiger partial charge in [-0.25, -0.2) is 0 Å². The van der Waals surface area contributed by atoms with Crippen molar-refractivity contribution in [2.24, 2.45) is 11.3 Å². The van der Waals surface area contributed by atoms with Crippen molar-refractivity contribution in [1.82, 2.24) is 0 Å². The fraction of sp³-hybridized carbons (Fsp3) is 0.786. The topological polar surface area (TPSA) is 17.1 Å². The van der Waals surface area contributed by atoms with Gasteiger partial charge in [-0.3, -0.25) is 4.79 Å². The Kier molecular flexibility index (Phi) is 6.55. The maximum Gasteiger partial charge on any atom is 0.155 e. The lowest BCUT2D eigenvalue weighted by Crippen LogP contribution is -2.13. The van der Waals surface area contributed by atoms with Crippen LogP contribution in [0.2, 0.25) is 0 Å². The third-order valence-electron chi connectivity index (χ3n) is 2.27. The molecule has 0 aromatic rings. The van der Waals surface area contributed by atoms with Gasteiger partial charge in [-0.2, -0.15) is 0 Å². The number of rotatable bonds is 6. The van der Waals surface area contributed by atoms with Gasteiger partial charge in [-0.15, -0.1) is 0 Å². The fourth-order valence-corrected chi connectivity index (χ4v) is 1.91. The van der Waals surface area contributed by atoms with Gasteiger partial charge in [0.2, 0.25) is 0 Å². The second-order valence-corrected chi connectivity index (χ2v) is 5.73. The average molecular weight is 210 g/mol. The summed E-state index contributed by atoms with van der Waals surface area (Å²) in [4.78, 5) is 11.5. The van der Waals surface area contributed by atoms with Gasteiger partial charge in [0.25, 0.3) is 0 Å². The number of hydrogen-bond donors (Lipinski definition) is 0. The van der Waals surface area contributed by atoms with Crippen LogP contribution >= 0.6 is 0 Å². The second kappa shape index (κ2) is 6.81. The molecule has 0 aliphatic rings. The maximum atomic E-state index is 11.5.